The minimum atomic E-state index is -0.716. The standard InChI is InChI=1S/C16H18N4O5/c1-3-25-16(22)13-6-12(7-14(8-13)20(23)24)15(21)18-11(2)9-19-5-4-17-10-19/h4-8,10-11H,3,9H2,1-2H3,(H,18,21)/t11-/m1/s1. The van der Waals surface area contributed by atoms with Gasteiger partial charge in [0, 0.05) is 42.7 Å². The smallest absolute Gasteiger partial charge is 0.338 e. The lowest BCUT2D eigenvalue weighted by molar-refractivity contribution is -0.384. The molecule has 0 aliphatic rings. The van der Waals surface area contributed by atoms with Gasteiger partial charge in [-0.05, 0) is 19.9 Å². The molecule has 1 amide bonds. The molecule has 0 spiro atoms. The number of hydrogen-bond donors (Lipinski definition) is 1. The van der Waals surface area contributed by atoms with Crippen molar-refractivity contribution in [2.24, 2.45) is 0 Å². The van der Waals surface area contributed by atoms with E-state index in [1.54, 1.807) is 37.1 Å². The zero-order chi connectivity index (χ0) is 18.4. The van der Waals surface area contributed by atoms with Crippen molar-refractivity contribution in [2.45, 2.75) is 26.4 Å². The minimum absolute atomic E-state index is 0.0229. The number of rotatable bonds is 7. The lowest BCUT2D eigenvalue weighted by Gasteiger charge is -2.14. The summed E-state index contributed by atoms with van der Waals surface area (Å²) < 4.78 is 6.64. The molecule has 0 fully saturated rings. The second-order valence-corrected chi connectivity index (χ2v) is 5.38. The van der Waals surface area contributed by atoms with Gasteiger partial charge in [-0.1, -0.05) is 0 Å². The Morgan fingerprint density at radius 2 is 2.08 bits per heavy atom. The summed E-state index contributed by atoms with van der Waals surface area (Å²) in [6.07, 6.45) is 5.00. The van der Waals surface area contributed by atoms with Gasteiger partial charge in [-0.3, -0.25) is 14.9 Å². The first-order chi connectivity index (χ1) is 11.9. The highest BCUT2D eigenvalue weighted by atomic mass is 16.6. The second kappa shape index (κ2) is 8.04. The number of aromatic nitrogens is 2. The van der Waals surface area contributed by atoms with Crippen LogP contribution in [0.15, 0.2) is 36.9 Å². The summed E-state index contributed by atoms with van der Waals surface area (Å²) in [4.78, 5) is 38.5. The van der Waals surface area contributed by atoms with Gasteiger partial charge in [0.25, 0.3) is 11.6 Å². The number of hydrogen-bond acceptors (Lipinski definition) is 6. The van der Waals surface area contributed by atoms with E-state index >= 15 is 0 Å². The van der Waals surface area contributed by atoms with Gasteiger partial charge in [0.2, 0.25) is 0 Å². The summed E-state index contributed by atoms with van der Waals surface area (Å²) >= 11 is 0. The Balaban J connectivity index is 2.19. The predicted molar refractivity (Wildman–Crippen MR) is 88.2 cm³/mol. The van der Waals surface area contributed by atoms with Crippen LogP contribution in [0.1, 0.15) is 34.6 Å². The number of nitro benzene ring substituents is 1. The number of non-ortho nitro benzene ring substituents is 1. The molecular weight excluding hydrogens is 328 g/mol. The van der Waals surface area contributed by atoms with Crippen LogP contribution in [0.2, 0.25) is 0 Å². The van der Waals surface area contributed by atoms with E-state index < -0.39 is 16.8 Å². The summed E-state index contributed by atoms with van der Waals surface area (Å²) in [6.45, 7) is 4.04. The Bertz CT molecular complexity index is 773. The zero-order valence-corrected chi connectivity index (χ0v) is 13.8. The molecule has 1 aromatic heterocycles. The van der Waals surface area contributed by atoms with Crippen LogP contribution < -0.4 is 5.32 Å². The molecule has 1 heterocycles. The number of carbonyl (C=O) groups is 2. The summed E-state index contributed by atoms with van der Waals surface area (Å²) in [7, 11) is 0. The number of amides is 1. The molecule has 2 aromatic rings. The van der Waals surface area contributed by atoms with Crippen molar-refractivity contribution in [1.82, 2.24) is 14.9 Å². The first kappa shape index (κ1) is 18.1. The number of nitrogens with one attached hydrogen (secondary N) is 1. The van der Waals surface area contributed by atoms with Gasteiger partial charge in [-0.2, -0.15) is 0 Å². The monoisotopic (exact) mass is 346 g/mol. The van der Waals surface area contributed by atoms with Crippen molar-refractivity contribution >= 4 is 17.6 Å². The number of imidazole rings is 1. The number of carbonyl (C=O) groups excluding carboxylic acids is 2. The lowest BCUT2D eigenvalue weighted by atomic mass is 10.1. The molecule has 9 nitrogen and oxygen atoms in total. The SMILES string of the molecule is CCOC(=O)c1cc(C(=O)N[C@H](C)Cn2ccnc2)cc([N+](=O)[O-])c1. The van der Waals surface area contributed by atoms with Crippen LogP contribution in [-0.2, 0) is 11.3 Å². The summed E-state index contributed by atoms with van der Waals surface area (Å²) in [5.74, 6) is -1.23. The molecule has 0 bridgehead atoms. The van der Waals surface area contributed by atoms with E-state index in [9.17, 15) is 19.7 Å². The highest BCUT2D eigenvalue weighted by Gasteiger charge is 2.19. The van der Waals surface area contributed by atoms with Crippen LogP contribution in [-0.4, -0.2) is 39.0 Å². The van der Waals surface area contributed by atoms with Crippen molar-refractivity contribution in [3.8, 4) is 0 Å². The maximum Gasteiger partial charge on any atom is 0.338 e. The van der Waals surface area contributed by atoms with E-state index in [4.69, 9.17) is 4.74 Å². The molecule has 1 N–H and O–H groups in total. The van der Waals surface area contributed by atoms with Crippen LogP contribution in [0.25, 0.3) is 0 Å². The molecule has 2 rings (SSSR count). The van der Waals surface area contributed by atoms with Crippen molar-refractivity contribution in [3.63, 3.8) is 0 Å². The normalized spacial score (nSPS) is 11.6. The highest BCUT2D eigenvalue weighted by molar-refractivity contribution is 5.99. The first-order valence-electron chi connectivity index (χ1n) is 7.64. The van der Waals surface area contributed by atoms with Gasteiger partial charge < -0.3 is 14.6 Å². The predicted octanol–water partition coefficient (Wildman–Crippen LogP) is 1.79. The van der Waals surface area contributed by atoms with Crippen molar-refractivity contribution < 1.29 is 19.2 Å². The van der Waals surface area contributed by atoms with Crippen LogP contribution >= 0.6 is 0 Å². The van der Waals surface area contributed by atoms with Crippen LogP contribution in [0, 0.1) is 10.1 Å². The summed E-state index contributed by atoms with van der Waals surface area (Å²) in [6, 6.07) is 3.25. The molecule has 25 heavy (non-hydrogen) atoms. The van der Waals surface area contributed by atoms with Gasteiger partial charge in [-0.15, -0.1) is 0 Å². The number of nitrogens with zero attached hydrogens (tertiary/aromatic N) is 3. The Morgan fingerprint density at radius 3 is 2.68 bits per heavy atom. The zero-order valence-electron chi connectivity index (χ0n) is 13.8. The third kappa shape index (κ3) is 4.87. The lowest BCUT2D eigenvalue weighted by Crippen LogP contribution is -2.35. The second-order valence-electron chi connectivity index (χ2n) is 5.38. The fourth-order valence-electron chi connectivity index (χ4n) is 2.24. The maximum atomic E-state index is 12.4. The Morgan fingerprint density at radius 1 is 1.36 bits per heavy atom. The largest absolute Gasteiger partial charge is 0.462 e. The number of benzene rings is 1. The Hall–Kier alpha value is -3.23. The van der Waals surface area contributed by atoms with Crippen molar-refractivity contribution in [1.29, 1.82) is 0 Å². The van der Waals surface area contributed by atoms with Crippen molar-refractivity contribution in [3.05, 3.63) is 58.2 Å². The molecule has 0 radical (unpaired) electrons. The van der Waals surface area contributed by atoms with Gasteiger partial charge in [0.15, 0.2) is 0 Å². The van der Waals surface area contributed by atoms with Gasteiger partial charge in [-0.25, -0.2) is 9.78 Å². The topological polar surface area (TPSA) is 116 Å². The van der Waals surface area contributed by atoms with E-state index in [1.807, 2.05) is 0 Å². The third-order valence-electron chi connectivity index (χ3n) is 3.32. The average molecular weight is 346 g/mol. The fourth-order valence-corrected chi connectivity index (χ4v) is 2.24. The molecule has 9 heteroatoms. The quantitative estimate of drug-likeness (QED) is 0.464. The van der Waals surface area contributed by atoms with E-state index in [2.05, 4.69) is 10.3 Å². The molecule has 0 saturated carbocycles. The molecule has 1 aromatic carbocycles. The summed E-state index contributed by atoms with van der Waals surface area (Å²) in [5.41, 5.74) is -0.365. The van der Waals surface area contributed by atoms with Crippen LogP contribution in [0.4, 0.5) is 5.69 Å². The molecular formula is C16H18N4O5. The number of nitro groups is 1. The first-order valence-corrected chi connectivity index (χ1v) is 7.64. The van der Waals surface area contributed by atoms with Gasteiger partial charge >= 0.3 is 5.97 Å². The molecule has 1 atom stereocenters. The van der Waals surface area contributed by atoms with E-state index in [0.29, 0.717) is 6.54 Å². The van der Waals surface area contributed by atoms with E-state index in [1.165, 1.54) is 6.07 Å². The maximum absolute atomic E-state index is 12.4. The number of esters is 1. The molecule has 132 valence electrons. The fraction of sp³-hybridized carbons (Fsp3) is 0.312. The highest BCUT2D eigenvalue weighted by Crippen LogP contribution is 2.18. The average Bonchev–Trinajstić information content (AvgIpc) is 3.07. The van der Waals surface area contributed by atoms with Gasteiger partial charge in [0.1, 0.15) is 0 Å². The third-order valence-corrected chi connectivity index (χ3v) is 3.32. The molecule has 0 unspecified atom stereocenters. The molecule has 0 aliphatic carbocycles. The Labute approximate surface area is 143 Å². The minimum Gasteiger partial charge on any atom is -0.462 e. The van der Waals surface area contributed by atoms with Gasteiger partial charge in [0.05, 0.1) is 23.4 Å². The van der Waals surface area contributed by atoms with E-state index in [0.717, 1.165) is 12.1 Å². The Kier molecular flexibility index (Phi) is 5.83. The van der Waals surface area contributed by atoms with Crippen molar-refractivity contribution in [2.75, 3.05) is 6.61 Å². The van der Waals surface area contributed by atoms with E-state index in [-0.39, 0.29) is 29.5 Å². The number of ether oxygens (including phenoxy) is 1. The summed E-state index contributed by atoms with van der Waals surface area (Å²) in [5, 5.41) is 13.8. The van der Waals surface area contributed by atoms with Crippen LogP contribution in [0.3, 0.4) is 0 Å². The molecule has 0 saturated heterocycles. The molecule has 0 aliphatic heterocycles. The van der Waals surface area contributed by atoms with Crippen LogP contribution in [0.5, 0.6) is 0 Å².